The van der Waals surface area contributed by atoms with Crippen LogP contribution >= 0.6 is 0 Å². The highest BCUT2D eigenvalue weighted by atomic mass is 16.2. The number of anilines is 1. The summed E-state index contributed by atoms with van der Waals surface area (Å²) in [6.07, 6.45) is 6.56. The summed E-state index contributed by atoms with van der Waals surface area (Å²) < 4.78 is 0. The van der Waals surface area contributed by atoms with Crippen LogP contribution in [0.5, 0.6) is 0 Å². The topological polar surface area (TPSA) is 112 Å². The zero-order valence-corrected chi connectivity index (χ0v) is 15.5. The van der Waals surface area contributed by atoms with E-state index in [1.807, 2.05) is 9.80 Å². The van der Waals surface area contributed by atoms with Gasteiger partial charge in [-0.3, -0.25) is 19.4 Å². The van der Waals surface area contributed by atoms with Crippen LogP contribution in [0.3, 0.4) is 0 Å². The van der Waals surface area contributed by atoms with Crippen molar-refractivity contribution in [2.75, 3.05) is 25.4 Å². The molecular formula is C19H27N5O3. The number of aromatic amines is 1. The van der Waals surface area contributed by atoms with Crippen LogP contribution in [0.2, 0.25) is 0 Å². The summed E-state index contributed by atoms with van der Waals surface area (Å²) in [6, 6.07) is 1.45. The normalized spacial score (nSPS) is 25.6. The molecule has 0 spiro atoms. The molecule has 8 heteroatoms. The van der Waals surface area contributed by atoms with Gasteiger partial charge in [0, 0.05) is 37.5 Å². The number of fused-ring (bicyclic) bond motifs is 1. The summed E-state index contributed by atoms with van der Waals surface area (Å²) >= 11 is 0. The van der Waals surface area contributed by atoms with E-state index in [0.29, 0.717) is 30.6 Å². The molecule has 3 aliphatic rings. The minimum atomic E-state index is -0.354. The second-order valence-corrected chi connectivity index (χ2v) is 8.08. The van der Waals surface area contributed by atoms with Crippen molar-refractivity contribution in [3.63, 3.8) is 0 Å². The maximum Gasteiger partial charge on any atom is 0.252 e. The summed E-state index contributed by atoms with van der Waals surface area (Å²) in [5, 5.41) is 0. The Labute approximate surface area is 158 Å². The van der Waals surface area contributed by atoms with Crippen molar-refractivity contribution in [2.24, 2.45) is 11.8 Å². The Kier molecular flexibility index (Phi) is 4.88. The molecule has 146 valence electrons. The molecule has 1 aromatic rings. The van der Waals surface area contributed by atoms with Crippen LogP contribution in [0.4, 0.5) is 5.95 Å². The van der Waals surface area contributed by atoms with Crippen LogP contribution in [0, 0.1) is 11.8 Å². The lowest BCUT2D eigenvalue weighted by atomic mass is 9.88. The number of hydrogen-bond acceptors (Lipinski definition) is 5. The molecular weight excluding hydrogens is 346 g/mol. The summed E-state index contributed by atoms with van der Waals surface area (Å²) in [6.45, 7) is 2.08. The van der Waals surface area contributed by atoms with Crippen LogP contribution in [-0.2, 0) is 16.0 Å². The molecule has 2 atom stereocenters. The minimum absolute atomic E-state index is 0.0212. The number of aromatic nitrogens is 2. The Morgan fingerprint density at radius 1 is 1.19 bits per heavy atom. The van der Waals surface area contributed by atoms with Gasteiger partial charge >= 0.3 is 0 Å². The highest BCUT2D eigenvalue weighted by Gasteiger charge is 2.45. The summed E-state index contributed by atoms with van der Waals surface area (Å²) in [7, 11) is 0. The molecule has 1 saturated carbocycles. The summed E-state index contributed by atoms with van der Waals surface area (Å²) in [4.78, 5) is 47.4. The molecule has 0 aromatic carbocycles. The molecule has 2 aliphatic heterocycles. The third kappa shape index (κ3) is 3.70. The zero-order chi connectivity index (χ0) is 19.0. The minimum Gasteiger partial charge on any atom is -0.369 e. The van der Waals surface area contributed by atoms with Crippen molar-refractivity contribution in [2.45, 2.75) is 51.0 Å². The monoisotopic (exact) mass is 373 g/mol. The summed E-state index contributed by atoms with van der Waals surface area (Å²) in [5.74, 6) is 0.782. The van der Waals surface area contributed by atoms with Crippen molar-refractivity contribution < 1.29 is 9.59 Å². The number of nitrogens with two attached hydrogens (primary N) is 1. The molecule has 3 heterocycles. The van der Waals surface area contributed by atoms with Crippen LogP contribution in [0.1, 0.15) is 44.2 Å². The van der Waals surface area contributed by atoms with E-state index in [9.17, 15) is 14.4 Å². The number of nitrogens with one attached hydrogen (secondary N) is 1. The third-order valence-electron chi connectivity index (χ3n) is 6.28. The van der Waals surface area contributed by atoms with E-state index in [-0.39, 0.29) is 35.8 Å². The molecule has 0 unspecified atom stereocenters. The van der Waals surface area contributed by atoms with Crippen LogP contribution < -0.4 is 11.3 Å². The number of amides is 2. The quantitative estimate of drug-likeness (QED) is 0.803. The molecule has 1 aliphatic carbocycles. The van der Waals surface area contributed by atoms with E-state index in [1.165, 1.54) is 12.5 Å². The molecule has 3 fully saturated rings. The largest absolute Gasteiger partial charge is 0.369 e. The van der Waals surface area contributed by atoms with Gasteiger partial charge in [-0.05, 0) is 19.3 Å². The molecule has 1 aromatic heterocycles. The number of hydrogen-bond donors (Lipinski definition) is 2. The Morgan fingerprint density at radius 3 is 2.70 bits per heavy atom. The average molecular weight is 373 g/mol. The molecule has 3 N–H and O–H groups in total. The van der Waals surface area contributed by atoms with E-state index in [0.717, 1.165) is 38.6 Å². The van der Waals surface area contributed by atoms with Gasteiger partial charge in [0.25, 0.3) is 5.56 Å². The molecule has 0 radical (unpaired) electrons. The zero-order valence-electron chi connectivity index (χ0n) is 15.5. The average Bonchev–Trinajstić information content (AvgIpc) is 3.21. The maximum atomic E-state index is 12.9. The Hall–Kier alpha value is -2.38. The number of H-pyrrole nitrogens is 1. The van der Waals surface area contributed by atoms with Gasteiger partial charge in [0.15, 0.2) is 0 Å². The van der Waals surface area contributed by atoms with Crippen LogP contribution in [-0.4, -0.2) is 57.3 Å². The van der Waals surface area contributed by atoms with Gasteiger partial charge in [0.2, 0.25) is 17.8 Å². The lowest BCUT2D eigenvalue weighted by molar-refractivity contribution is -0.138. The first-order valence-electron chi connectivity index (χ1n) is 9.95. The van der Waals surface area contributed by atoms with Gasteiger partial charge in [0.1, 0.15) is 0 Å². The number of carbonyl (C=O) groups excluding carboxylic acids is 2. The second-order valence-electron chi connectivity index (χ2n) is 8.08. The van der Waals surface area contributed by atoms with E-state index >= 15 is 0 Å². The maximum absolute atomic E-state index is 12.9. The van der Waals surface area contributed by atoms with Crippen molar-refractivity contribution in [3.8, 4) is 0 Å². The Morgan fingerprint density at radius 2 is 1.96 bits per heavy atom. The van der Waals surface area contributed by atoms with Gasteiger partial charge in [-0.15, -0.1) is 0 Å². The molecule has 2 amide bonds. The predicted molar refractivity (Wildman–Crippen MR) is 99.7 cm³/mol. The first kappa shape index (κ1) is 18.0. The molecule has 0 bridgehead atoms. The van der Waals surface area contributed by atoms with Crippen LogP contribution in [0.15, 0.2) is 10.9 Å². The van der Waals surface area contributed by atoms with E-state index in [1.54, 1.807) is 0 Å². The first-order valence-corrected chi connectivity index (χ1v) is 9.95. The van der Waals surface area contributed by atoms with Gasteiger partial charge < -0.3 is 15.5 Å². The molecule has 2 saturated heterocycles. The van der Waals surface area contributed by atoms with E-state index in [2.05, 4.69) is 9.97 Å². The predicted octanol–water partition coefficient (Wildman–Crippen LogP) is 0.534. The fourth-order valence-electron chi connectivity index (χ4n) is 4.91. The SMILES string of the molecule is Nc1nc(CC(=O)N2C[C@@H]3CCN(C(=O)C4CCCCC4)[C@@H]3C2)cc(=O)[nH]1. The van der Waals surface area contributed by atoms with Gasteiger partial charge in [-0.2, -0.15) is 0 Å². The standard InChI is InChI=1S/C19H27N5O3/c20-19-21-14(8-16(25)22-19)9-17(26)23-10-13-6-7-24(15(13)11-23)18(27)12-4-2-1-3-5-12/h8,12-13,15H,1-7,9-11H2,(H3,20,21,22,25)/t13-,15+/m0/s1. The lowest BCUT2D eigenvalue weighted by Gasteiger charge is -2.30. The molecule has 4 rings (SSSR count). The summed E-state index contributed by atoms with van der Waals surface area (Å²) in [5.41, 5.74) is 5.58. The molecule has 27 heavy (non-hydrogen) atoms. The fraction of sp³-hybridized carbons (Fsp3) is 0.684. The third-order valence-corrected chi connectivity index (χ3v) is 6.28. The Bertz CT molecular complexity index is 786. The van der Waals surface area contributed by atoms with Crippen molar-refractivity contribution in [3.05, 3.63) is 22.1 Å². The Balaban J connectivity index is 1.39. The van der Waals surface area contributed by atoms with Crippen molar-refractivity contribution >= 4 is 17.8 Å². The fourth-order valence-corrected chi connectivity index (χ4v) is 4.91. The van der Waals surface area contributed by atoms with E-state index < -0.39 is 0 Å². The highest BCUT2D eigenvalue weighted by Crippen LogP contribution is 2.35. The number of likely N-dealkylation sites (tertiary alicyclic amines) is 2. The number of nitrogens with zero attached hydrogens (tertiary/aromatic N) is 3. The van der Waals surface area contributed by atoms with Gasteiger partial charge in [-0.25, -0.2) is 4.98 Å². The number of rotatable bonds is 3. The van der Waals surface area contributed by atoms with Crippen LogP contribution in [0.25, 0.3) is 0 Å². The lowest BCUT2D eigenvalue weighted by Crippen LogP contribution is -2.44. The highest BCUT2D eigenvalue weighted by molar-refractivity contribution is 5.81. The van der Waals surface area contributed by atoms with Gasteiger partial charge in [-0.1, -0.05) is 19.3 Å². The second kappa shape index (κ2) is 7.32. The number of carbonyl (C=O) groups is 2. The first-order chi connectivity index (χ1) is 13.0. The van der Waals surface area contributed by atoms with Crippen molar-refractivity contribution in [1.82, 2.24) is 19.8 Å². The molecule has 8 nitrogen and oxygen atoms in total. The van der Waals surface area contributed by atoms with Gasteiger partial charge in [0.05, 0.1) is 18.2 Å². The van der Waals surface area contributed by atoms with E-state index in [4.69, 9.17) is 5.73 Å². The smallest absolute Gasteiger partial charge is 0.252 e. The number of nitrogen functional groups attached to an aromatic ring is 1. The van der Waals surface area contributed by atoms with Crippen molar-refractivity contribution in [1.29, 1.82) is 0 Å².